The average Bonchev–Trinajstić information content (AvgIpc) is 3.22. The van der Waals surface area contributed by atoms with Crippen molar-refractivity contribution in [2.75, 3.05) is 25.4 Å². The fraction of sp³-hybridized carbons (Fsp3) is 0.318. The molecular weight excluding hydrogens is 386 g/mol. The zero-order chi connectivity index (χ0) is 20.4. The second-order valence-corrected chi connectivity index (χ2v) is 9.32. The predicted octanol–water partition coefficient (Wildman–Crippen LogP) is 2.98. The minimum absolute atomic E-state index is 0.206. The monoisotopic (exact) mass is 411 g/mol. The summed E-state index contributed by atoms with van der Waals surface area (Å²) in [4.78, 5) is 12.1. The molecule has 1 fully saturated rings. The number of aromatic nitrogens is 1. The highest BCUT2D eigenvalue weighted by molar-refractivity contribution is 7.89. The van der Waals surface area contributed by atoms with Crippen LogP contribution in [-0.2, 0) is 21.4 Å². The van der Waals surface area contributed by atoms with Crippen LogP contribution in [0.3, 0.4) is 0 Å². The van der Waals surface area contributed by atoms with E-state index in [2.05, 4.69) is 41.1 Å². The van der Waals surface area contributed by atoms with Gasteiger partial charge in [0.1, 0.15) is 0 Å². The molecule has 1 N–H and O–H groups in total. The van der Waals surface area contributed by atoms with E-state index < -0.39 is 10.0 Å². The minimum atomic E-state index is -3.12. The van der Waals surface area contributed by atoms with Gasteiger partial charge in [-0.05, 0) is 43.2 Å². The van der Waals surface area contributed by atoms with E-state index in [0.717, 1.165) is 12.1 Å². The van der Waals surface area contributed by atoms with Crippen LogP contribution in [0.4, 0.5) is 0 Å². The average molecular weight is 412 g/mol. The number of carbonyl (C=O) groups is 1. The first kappa shape index (κ1) is 19.7. The Morgan fingerprint density at radius 2 is 1.93 bits per heavy atom. The minimum Gasteiger partial charge on any atom is -0.351 e. The molecule has 0 radical (unpaired) electrons. The first-order valence-electron chi connectivity index (χ1n) is 9.94. The van der Waals surface area contributed by atoms with Crippen molar-refractivity contribution in [2.24, 2.45) is 0 Å². The number of hydrogen-bond donors (Lipinski definition) is 1. The Hall–Kier alpha value is -2.64. The Morgan fingerprint density at radius 1 is 1.14 bits per heavy atom. The highest BCUT2D eigenvalue weighted by atomic mass is 32.2. The topological polar surface area (TPSA) is 71.4 Å². The fourth-order valence-electron chi connectivity index (χ4n) is 3.99. The van der Waals surface area contributed by atoms with Gasteiger partial charge in [-0.15, -0.1) is 0 Å². The van der Waals surface area contributed by atoms with Crippen molar-refractivity contribution < 1.29 is 13.2 Å². The van der Waals surface area contributed by atoms with Crippen molar-refractivity contribution in [3.05, 3.63) is 54.1 Å². The third kappa shape index (κ3) is 3.93. The molecule has 1 amide bonds. The molecule has 0 unspecified atom stereocenters. The number of benzene rings is 2. The van der Waals surface area contributed by atoms with Crippen LogP contribution < -0.4 is 5.32 Å². The summed E-state index contributed by atoms with van der Waals surface area (Å²) in [5, 5.41) is 5.14. The summed E-state index contributed by atoms with van der Waals surface area (Å²) in [5.74, 6) is -0.0183. The van der Waals surface area contributed by atoms with E-state index in [1.807, 2.05) is 18.2 Å². The fourth-order valence-corrected chi connectivity index (χ4v) is 5.52. The Balaban J connectivity index is 1.45. The van der Waals surface area contributed by atoms with Crippen LogP contribution in [0, 0.1) is 0 Å². The molecule has 1 aliphatic rings. The van der Waals surface area contributed by atoms with Crippen molar-refractivity contribution in [1.29, 1.82) is 0 Å². The molecule has 0 saturated carbocycles. The van der Waals surface area contributed by atoms with Gasteiger partial charge in [-0.3, -0.25) is 4.79 Å². The maximum absolute atomic E-state index is 12.1. The quantitative estimate of drug-likeness (QED) is 0.634. The SMILES string of the molecule is CCn1c2ccccc2c2cc(/C=C/C(=O)NCCN3CCCS3(=O)=O)ccc21. The van der Waals surface area contributed by atoms with Crippen molar-refractivity contribution in [3.8, 4) is 0 Å². The van der Waals surface area contributed by atoms with Crippen molar-refractivity contribution in [3.63, 3.8) is 0 Å². The summed E-state index contributed by atoms with van der Waals surface area (Å²) in [6.07, 6.45) is 3.95. The maximum Gasteiger partial charge on any atom is 0.244 e. The number of nitrogens with zero attached hydrogens (tertiary/aromatic N) is 2. The van der Waals surface area contributed by atoms with E-state index in [4.69, 9.17) is 0 Å². The summed E-state index contributed by atoms with van der Waals surface area (Å²) >= 11 is 0. The Kier molecular flexibility index (Phi) is 5.43. The number of aryl methyl sites for hydroxylation is 1. The van der Waals surface area contributed by atoms with E-state index in [1.54, 1.807) is 6.08 Å². The summed E-state index contributed by atoms with van der Waals surface area (Å²) in [6.45, 7) is 4.21. The Labute approximate surface area is 170 Å². The van der Waals surface area contributed by atoms with Crippen LogP contribution in [0.2, 0.25) is 0 Å². The molecule has 1 aromatic heterocycles. The standard InChI is InChI=1S/C22H25N3O3S/c1-2-25-20-7-4-3-6-18(20)19-16-17(8-10-21(19)25)9-11-22(26)23-12-14-24-13-5-15-29(24,27)28/h3-4,6-11,16H,2,5,12-15H2,1H3,(H,23,26)/b11-9+. The first-order valence-corrected chi connectivity index (χ1v) is 11.6. The highest BCUT2D eigenvalue weighted by Crippen LogP contribution is 2.29. The van der Waals surface area contributed by atoms with Gasteiger partial charge in [0.15, 0.2) is 0 Å². The lowest BCUT2D eigenvalue weighted by atomic mass is 10.1. The zero-order valence-corrected chi connectivity index (χ0v) is 17.3. The van der Waals surface area contributed by atoms with Gasteiger partial charge in [0.05, 0.1) is 5.75 Å². The summed E-state index contributed by atoms with van der Waals surface area (Å²) in [7, 11) is -3.12. The molecule has 1 aliphatic heterocycles. The van der Waals surface area contributed by atoms with E-state index in [9.17, 15) is 13.2 Å². The number of carbonyl (C=O) groups excluding carboxylic acids is 1. The van der Waals surface area contributed by atoms with Crippen molar-refractivity contribution in [2.45, 2.75) is 19.9 Å². The lowest BCUT2D eigenvalue weighted by molar-refractivity contribution is -0.116. The van der Waals surface area contributed by atoms with Gasteiger partial charge in [0.2, 0.25) is 15.9 Å². The van der Waals surface area contributed by atoms with Crippen LogP contribution in [0.1, 0.15) is 18.9 Å². The molecule has 0 bridgehead atoms. The molecule has 7 heteroatoms. The number of hydrogen-bond acceptors (Lipinski definition) is 3. The van der Waals surface area contributed by atoms with Gasteiger partial charge in [-0.1, -0.05) is 24.3 Å². The number of amides is 1. The Bertz CT molecular complexity index is 1190. The smallest absolute Gasteiger partial charge is 0.244 e. The maximum atomic E-state index is 12.1. The third-order valence-corrected chi connectivity index (χ3v) is 7.36. The molecule has 0 spiro atoms. The van der Waals surface area contributed by atoms with Crippen LogP contribution in [-0.4, -0.2) is 48.6 Å². The molecule has 29 heavy (non-hydrogen) atoms. The Morgan fingerprint density at radius 3 is 2.69 bits per heavy atom. The number of sulfonamides is 1. The second kappa shape index (κ2) is 8.00. The lowest BCUT2D eigenvalue weighted by Crippen LogP contribution is -2.35. The van der Waals surface area contributed by atoms with Gasteiger partial charge in [0.25, 0.3) is 0 Å². The van der Waals surface area contributed by atoms with Crippen LogP contribution >= 0.6 is 0 Å². The van der Waals surface area contributed by atoms with Crippen molar-refractivity contribution in [1.82, 2.24) is 14.2 Å². The molecule has 2 aromatic carbocycles. The molecule has 0 aliphatic carbocycles. The van der Waals surface area contributed by atoms with Crippen LogP contribution in [0.15, 0.2) is 48.5 Å². The van der Waals surface area contributed by atoms with Crippen LogP contribution in [0.5, 0.6) is 0 Å². The van der Waals surface area contributed by atoms with Crippen LogP contribution in [0.25, 0.3) is 27.9 Å². The number of para-hydroxylation sites is 1. The van der Waals surface area contributed by atoms with E-state index in [1.165, 1.54) is 32.2 Å². The van der Waals surface area contributed by atoms with Gasteiger partial charge < -0.3 is 9.88 Å². The number of nitrogens with one attached hydrogen (secondary N) is 1. The predicted molar refractivity (Wildman–Crippen MR) is 117 cm³/mol. The number of rotatable bonds is 6. The van der Waals surface area contributed by atoms with Gasteiger partial charge in [0, 0.05) is 54.1 Å². The summed E-state index contributed by atoms with van der Waals surface area (Å²) in [6, 6.07) is 14.5. The molecule has 1 saturated heterocycles. The third-order valence-electron chi connectivity index (χ3n) is 5.40. The summed E-state index contributed by atoms with van der Waals surface area (Å²) < 4.78 is 27.3. The largest absolute Gasteiger partial charge is 0.351 e. The normalized spacial score (nSPS) is 16.9. The molecule has 0 atom stereocenters. The molecule has 6 nitrogen and oxygen atoms in total. The van der Waals surface area contributed by atoms with Crippen molar-refractivity contribution >= 4 is 43.8 Å². The van der Waals surface area contributed by atoms with Gasteiger partial charge in [-0.25, -0.2) is 12.7 Å². The van der Waals surface area contributed by atoms with Gasteiger partial charge in [-0.2, -0.15) is 0 Å². The van der Waals surface area contributed by atoms with E-state index in [0.29, 0.717) is 26.1 Å². The van der Waals surface area contributed by atoms with E-state index >= 15 is 0 Å². The molecule has 3 aromatic rings. The molecule has 2 heterocycles. The highest BCUT2D eigenvalue weighted by Gasteiger charge is 2.27. The molecular formula is C22H25N3O3S. The number of fused-ring (bicyclic) bond motifs is 3. The van der Waals surface area contributed by atoms with Gasteiger partial charge >= 0.3 is 0 Å². The second-order valence-electron chi connectivity index (χ2n) is 7.23. The molecule has 4 rings (SSSR count). The lowest BCUT2D eigenvalue weighted by Gasteiger charge is -2.13. The molecule has 152 valence electrons. The summed E-state index contributed by atoms with van der Waals surface area (Å²) in [5.41, 5.74) is 3.34. The van der Waals surface area contributed by atoms with E-state index in [-0.39, 0.29) is 11.7 Å². The first-order chi connectivity index (χ1) is 14.0. The zero-order valence-electron chi connectivity index (χ0n) is 16.5.